The molecule has 2 unspecified atom stereocenters. The fraction of sp³-hybridized carbons (Fsp3) is 0.754. The van der Waals surface area contributed by atoms with E-state index < -0.39 is 32.5 Å². The Labute approximate surface area is 412 Å². The van der Waals surface area contributed by atoms with Crippen molar-refractivity contribution in [3.63, 3.8) is 0 Å². The van der Waals surface area contributed by atoms with E-state index in [0.717, 1.165) is 57.8 Å². The lowest BCUT2D eigenvalue weighted by Gasteiger charge is -2.28. The molecular weight excluding hydrogens is 858 g/mol. The van der Waals surface area contributed by atoms with E-state index in [0.29, 0.717) is 17.4 Å². The Balaban J connectivity index is 4.27. The van der Waals surface area contributed by atoms with Gasteiger partial charge in [0.15, 0.2) is 6.10 Å². The summed E-state index contributed by atoms with van der Waals surface area (Å²) >= 11 is 0. The maximum absolute atomic E-state index is 12.7. The number of allylic oxidation sites excluding steroid dienone is 12. The average molecular weight is 960 g/mol. The summed E-state index contributed by atoms with van der Waals surface area (Å²) in [5, 5.41) is 0. The van der Waals surface area contributed by atoms with Gasteiger partial charge in [0.25, 0.3) is 7.82 Å². The molecule has 9 nitrogen and oxygen atoms in total. The molecule has 0 heterocycles. The quantitative estimate of drug-likeness (QED) is 0.0195. The number of hydrogen-bond donors (Lipinski definition) is 0. The van der Waals surface area contributed by atoms with E-state index in [4.69, 9.17) is 18.5 Å². The molecule has 0 aliphatic heterocycles. The second kappa shape index (κ2) is 48.5. The summed E-state index contributed by atoms with van der Waals surface area (Å²) in [4.78, 5) is 37.7. The number of nitrogens with zero attached hydrogens (tertiary/aromatic N) is 1. The predicted octanol–water partition coefficient (Wildman–Crippen LogP) is 15.9. The molecule has 2 atom stereocenters. The van der Waals surface area contributed by atoms with Crippen molar-refractivity contribution in [2.24, 2.45) is 0 Å². The second-order valence-corrected chi connectivity index (χ2v) is 20.6. The maximum Gasteiger partial charge on any atom is 0.306 e. The zero-order chi connectivity index (χ0) is 49.2. The second-order valence-electron chi connectivity index (χ2n) is 19.2. The normalized spacial score (nSPS) is 13.9. The summed E-state index contributed by atoms with van der Waals surface area (Å²) in [6.07, 6.45) is 62.5. The smallest absolute Gasteiger partial charge is 0.306 e. The van der Waals surface area contributed by atoms with Gasteiger partial charge in [0.05, 0.1) is 27.7 Å². The van der Waals surface area contributed by atoms with E-state index in [1.165, 1.54) is 135 Å². The van der Waals surface area contributed by atoms with Crippen molar-refractivity contribution in [1.29, 1.82) is 0 Å². The zero-order valence-corrected chi connectivity index (χ0v) is 44.7. The molecule has 0 spiro atoms. The van der Waals surface area contributed by atoms with Crippen LogP contribution in [0.3, 0.4) is 0 Å². The standard InChI is InChI=1S/C57H102NO8P/c1-6-8-10-12-14-16-18-20-22-24-26-27-28-29-30-32-33-35-37-39-41-43-45-47-49-56(59)63-53-55(54-65-67(61,62)64-52-51-58(3,4)5)66-57(60)50-48-46-44-42-40-38-36-34-31-25-23-21-19-17-15-13-11-9-7-2/h9,11,15,17,21,23,31,34,38,40,44,46,55H,6-8,10,12-14,16,18-20,22,24-30,32-33,35-37,39,41-43,45,47-54H2,1-5H3/b11-9-,17-15-,23-21-,34-31-,40-38-,46-44-. The monoisotopic (exact) mass is 960 g/mol. The average Bonchev–Trinajstić information content (AvgIpc) is 3.29. The van der Waals surface area contributed by atoms with Gasteiger partial charge in [-0.1, -0.05) is 234 Å². The highest BCUT2D eigenvalue weighted by atomic mass is 31.2. The van der Waals surface area contributed by atoms with Crippen molar-refractivity contribution in [3.8, 4) is 0 Å². The van der Waals surface area contributed by atoms with Gasteiger partial charge in [-0.25, -0.2) is 0 Å². The molecule has 0 radical (unpaired) electrons. The van der Waals surface area contributed by atoms with E-state index in [-0.39, 0.29) is 26.1 Å². The molecule has 0 aromatic carbocycles. The molecule has 0 N–H and O–H groups in total. The van der Waals surface area contributed by atoms with E-state index >= 15 is 0 Å². The third-order valence-corrected chi connectivity index (χ3v) is 12.5. The molecule has 0 fully saturated rings. The molecule has 10 heteroatoms. The Hall–Kier alpha value is -2.55. The van der Waals surface area contributed by atoms with Crippen LogP contribution in [0.5, 0.6) is 0 Å². The van der Waals surface area contributed by atoms with Crippen molar-refractivity contribution < 1.29 is 42.1 Å². The highest BCUT2D eigenvalue weighted by molar-refractivity contribution is 7.45. The Morgan fingerprint density at radius 1 is 0.478 bits per heavy atom. The number of rotatable bonds is 49. The van der Waals surface area contributed by atoms with Crippen LogP contribution in [0, 0.1) is 0 Å². The Kier molecular flexibility index (Phi) is 46.6. The molecule has 67 heavy (non-hydrogen) atoms. The van der Waals surface area contributed by atoms with E-state index in [1.54, 1.807) is 0 Å². The molecule has 0 amide bonds. The molecule has 0 aromatic heterocycles. The first-order chi connectivity index (χ1) is 32.5. The lowest BCUT2D eigenvalue weighted by Crippen LogP contribution is -2.37. The summed E-state index contributed by atoms with van der Waals surface area (Å²) in [5.74, 6) is -0.928. The fourth-order valence-electron chi connectivity index (χ4n) is 7.33. The van der Waals surface area contributed by atoms with Crippen molar-refractivity contribution in [1.82, 2.24) is 0 Å². The Morgan fingerprint density at radius 3 is 1.24 bits per heavy atom. The number of carbonyl (C=O) groups excluding carboxylic acids is 2. The number of phosphoric acid groups is 1. The molecule has 0 rings (SSSR count). The van der Waals surface area contributed by atoms with Gasteiger partial charge < -0.3 is 27.9 Å². The number of unbranched alkanes of at least 4 members (excludes halogenated alkanes) is 23. The van der Waals surface area contributed by atoms with Gasteiger partial charge in [-0.2, -0.15) is 0 Å². The van der Waals surface area contributed by atoms with Crippen molar-refractivity contribution in [2.75, 3.05) is 47.5 Å². The van der Waals surface area contributed by atoms with Crippen LogP contribution in [0.4, 0.5) is 0 Å². The number of carbonyl (C=O) groups is 2. The molecular formula is C57H102NO8P. The van der Waals surface area contributed by atoms with Crippen LogP contribution >= 0.6 is 7.82 Å². The van der Waals surface area contributed by atoms with E-state index in [2.05, 4.69) is 74.6 Å². The van der Waals surface area contributed by atoms with Crippen LogP contribution in [0.2, 0.25) is 0 Å². The lowest BCUT2D eigenvalue weighted by atomic mass is 10.0. The molecule has 388 valence electrons. The molecule has 0 aliphatic carbocycles. The molecule has 0 saturated carbocycles. The molecule has 0 saturated heterocycles. The summed E-state index contributed by atoms with van der Waals surface area (Å²) in [6, 6.07) is 0. The first kappa shape index (κ1) is 64.5. The minimum Gasteiger partial charge on any atom is -0.756 e. The van der Waals surface area contributed by atoms with Gasteiger partial charge >= 0.3 is 11.9 Å². The van der Waals surface area contributed by atoms with Gasteiger partial charge in [0.1, 0.15) is 19.8 Å². The summed E-state index contributed by atoms with van der Waals surface area (Å²) in [7, 11) is 1.12. The minimum atomic E-state index is -4.65. The van der Waals surface area contributed by atoms with Gasteiger partial charge in [0.2, 0.25) is 0 Å². The molecule has 0 aromatic rings. The molecule has 0 bridgehead atoms. The SMILES string of the molecule is CC/C=C\C/C=C\C/C=C\C/C=C\C/C=C\C/C=C\CCC(=O)OC(COC(=O)CCCCCCCCCCCCCCCCCCCCCCCCCC)COP(=O)([O-])OCC[N+](C)(C)C. The number of likely N-dealkylation sites (N-methyl/N-ethyl adjacent to an activating group) is 1. The van der Waals surface area contributed by atoms with Crippen molar-refractivity contribution in [3.05, 3.63) is 72.9 Å². The third kappa shape index (κ3) is 52.7. The van der Waals surface area contributed by atoms with Crippen LogP contribution in [0.15, 0.2) is 72.9 Å². The summed E-state index contributed by atoms with van der Waals surface area (Å²) in [5.41, 5.74) is 0. The zero-order valence-electron chi connectivity index (χ0n) is 43.8. The molecule has 0 aliphatic rings. The first-order valence-corrected chi connectivity index (χ1v) is 28.6. The maximum atomic E-state index is 12.7. The van der Waals surface area contributed by atoms with Crippen LogP contribution < -0.4 is 4.89 Å². The number of hydrogen-bond acceptors (Lipinski definition) is 8. The van der Waals surface area contributed by atoms with E-state index in [9.17, 15) is 19.0 Å². The van der Waals surface area contributed by atoms with E-state index in [1.807, 2.05) is 33.3 Å². The Bertz CT molecular complexity index is 1360. The van der Waals surface area contributed by atoms with Crippen LogP contribution in [0.1, 0.15) is 226 Å². The predicted molar refractivity (Wildman–Crippen MR) is 282 cm³/mol. The van der Waals surface area contributed by atoms with Crippen molar-refractivity contribution in [2.45, 2.75) is 232 Å². The topological polar surface area (TPSA) is 111 Å². The largest absolute Gasteiger partial charge is 0.756 e. The van der Waals surface area contributed by atoms with Crippen LogP contribution in [0.25, 0.3) is 0 Å². The van der Waals surface area contributed by atoms with Gasteiger partial charge in [-0.05, 0) is 51.4 Å². The van der Waals surface area contributed by atoms with Gasteiger partial charge in [-0.15, -0.1) is 0 Å². The Morgan fingerprint density at radius 2 is 0.851 bits per heavy atom. The van der Waals surface area contributed by atoms with Gasteiger partial charge in [-0.3, -0.25) is 14.2 Å². The number of esters is 2. The number of phosphoric ester groups is 1. The first-order valence-electron chi connectivity index (χ1n) is 27.1. The van der Waals surface area contributed by atoms with Gasteiger partial charge in [0, 0.05) is 12.8 Å². The highest BCUT2D eigenvalue weighted by Gasteiger charge is 2.21. The summed E-state index contributed by atoms with van der Waals surface area (Å²) in [6.45, 7) is 4.05. The van der Waals surface area contributed by atoms with Crippen LogP contribution in [-0.2, 0) is 32.7 Å². The lowest BCUT2D eigenvalue weighted by molar-refractivity contribution is -0.870. The highest BCUT2D eigenvalue weighted by Crippen LogP contribution is 2.38. The van der Waals surface area contributed by atoms with Crippen LogP contribution in [-0.4, -0.2) is 70.0 Å². The third-order valence-electron chi connectivity index (χ3n) is 11.5. The number of ether oxygens (including phenoxy) is 2. The fourth-order valence-corrected chi connectivity index (χ4v) is 8.06. The minimum absolute atomic E-state index is 0.0464. The van der Waals surface area contributed by atoms with Crippen molar-refractivity contribution >= 4 is 19.8 Å². The summed E-state index contributed by atoms with van der Waals surface area (Å²) < 4.78 is 34.0. The number of quaternary nitrogens is 1.